The first-order chi connectivity index (χ1) is 9.54. The van der Waals surface area contributed by atoms with Gasteiger partial charge in [-0.25, -0.2) is 13.2 Å². The van der Waals surface area contributed by atoms with Crippen molar-refractivity contribution >= 4 is 31.9 Å². The lowest BCUT2D eigenvalue weighted by Crippen LogP contribution is -2.10. The van der Waals surface area contributed by atoms with Gasteiger partial charge in [0.2, 0.25) is 0 Å². The molecule has 20 heavy (non-hydrogen) atoms. The van der Waals surface area contributed by atoms with E-state index in [-0.39, 0.29) is 28.2 Å². The van der Waals surface area contributed by atoms with Crippen molar-refractivity contribution in [1.29, 1.82) is 0 Å². The zero-order valence-electron chi connectivity index (χ0n) is 10.3. The molecule has 0 spiro atoms. The lowest BCUT2D eigenvalue weighted by atomic mass is 9.93. The van der Waals surface area contributed by atoms with Gasteiger partial charge in [-0.15, -0.1) is 0 Å². The summed E-state index contributed by atoms with van der Waals surface area (Å²) < 4.78 is 41.7. The van der Waals surface area contributed by atoms with Crippen LogP contribution in [0.5, 0.6) is 0 Å². The molecule has 0 amide bonds. The van der Waals surface area contributed by atoms with Gasteiger partial charge in [-0.2, -0.15) is 0 Å². The lowest BCUT2D eigenvalue weighted by Gasteiger charge is -2.16. The number of hydrogen-bond donors (Lipinski definition) is 0. The second-order valence-corrected chi connectivity index (χ2v) is 5.90. The third-order valence-electron chi connectivity index (χ3n) is 3.12. The van der Waals surface area contributed by atoms with Crippen molar-refractivity contribution in [2.45, 2.75) is 12.3 Å². The maximum atomic E-state index is 14.0. The molecular weight excluding hydrogens is 397 g/mol. The third-order valence-corrected chi connectivity index (χ3v) is 4.51. The molecular formula is C15H11Br2F3. The SMILES string of the molecule is Fc1ccccc1C(CBr)Cc1c(F)ccc(Br)c1F. The smallest absolute Gasteiger partial charge is 0.143 e. The normalized spacial score (nSPS) is 12.4. The van der Waals surface area contributed by atoms with E-state index in [4.69, 9.17) is 0 Å². The number of alkyl halides is 1. The first-order valence-corrected chi connectivity index (χ1v) is 7.88. The lowest BCUT2D eigenvalue weighted by molar-refractivity contribution is 0.533. The highest BCUT2D eigenvalue weighted by atomic mass is 79.9. The third kappa shape index (κ3) is 3.26. The molecule has 0 N–H and O–H groups in total. The molecule has 0 heterocycles. The molecule has 2 rings (SSSR count). The number of hydrogen-bond acceptors (Lipinski definition) is 0. The van der Waals surface area contributed by atoms with Gasteiger partial charge in [-0.3, -0.25) is 0 Å². The van der Waals surface area contributed by atoms with Crippen LogP contribution >= 0.6 is 31.9 Å². The quantitative estimate of drug-likeness (QED) is 0.458. The van der Waals surface area contributed by atoms with Gasteiger partial charge < -0.3 is 0 Å². The molecule has 2 aromatic rings. The molecule has 1 atom stereocenters. The Morgan fingerprint density at radius 3 is 2.30 bits per heavy atom. The molecule has 0 aliphatic rings. The van der Waals surface area contributed by atoms with Crippen molar-refractivity contribution in [2.75, 3.05) is 5.33 Å². The van der Waals surface area contributed by atoms with E-state index in [0.29, 0.717) is 10.9 Å². The molecule has 0 saturated carbocycles. The number of halogens is 5. The molecule has 0 nitrogen and oxygen atoms in total. The van der Waals surface area contributed by atoms with Crippen molar-refractivity contribution in [3.63, 3.8) is 0 Å². The predicted molar refractivity (Wildman–Crippen MR) is 80.7 cm³/mol. The van der Waals surface area contributed by atoms with Crippen LogP contribution in [0.25, 0.3) is 0 Å². The Hall–Kier alpha value is -0.810. The molecule has 1 unspecified atom stereocenters. The summed E-state index contributed by atoms with van der Waals surface area (Å²) in [5.74, 6) is -1.96. The van der Waals surface area contributed by atoms with E-state index in [0.717, 1.165) is 0 Å². The summed E-state index contributed by atoms with van der Waals surface area (Å²) in [6.07, 6.45) is 0.0866. The van der Waals surface area contributed by atoms with E-state index >= 15 is 0 Å². The molecule has 0 saturated heterocycles. The first-order valence-electron chi connectivity index (χ1n) is 5.97. The molecule has 0 bridgehead atoms. The predicted octanol–water partition coefficient (Wildman–Crippen LogP) is 5.59. The minimum Gasteiger partial charge on any atom is -0.207 e. The summed E-state index contributed by atoms with van der Waals surface area (Å²) in [7, 11) is 0. The van der Waals surface area contributed by atoms with Crippen molar-refractivity contribution in [2.24, 2.45) is 0 Å². The monoisotopic (exact) mass is 406 g/mol. The molecule has 0 aromatic heterocycles. The number of benzene rings is 2. The summed E-state index contributed by atoms with van der Waals surface area (Å²) in [6.45, 7) is 0. The van der Waals surface area contributed by atoms with Crippen LogP contribution in [0.2, 0.25) is 0 Å². The molecule has 106 valence electrons. The van der Waals surface area contributed by atoms with E-state index in [1.807, 2.05) is 0 Å². The Labute approximate surface area is 132 Å². The fraction of sp³-hybridized carbons (Fsp3) is 0.200. The highest BCUT2D eigenvalue weighted by Crippen LogP contribution is 2.30. The summed E-state index contributed by atoms with van der Waals surface area (Å²) in [4.78, 5) is 0. The fourth-order valence-corrected chi connectivity index (χ4v) is 3.01. The van der Waals surface area contributed by atoms with Crippen molar-refractivity contribution < 1.29 is 13.2 Å². The van der Waals surface area contributed by atoms with Gasteiger partial charge in [0.25, 0.3) is 0 Å². The zero-order valence-corrected chi connectivity index (χ0v) is 13.5. The standard InChI is InChI=1S/C15H11Br2F3/c16-8-9(10-3-1-2-4-13(10)18)7-11-14(19)6-5-12(17)15(11)20/h1-6,9H,7-8H2. The van der Waals surface area contributed by atoms with Gasteiger partial charge in [0, 0.05) is 16.8 Å². The summed E-state index contributed by atoms with van der Waals surface area (Å²) >= 11 is 6.32. The van der Waals surface area contributed by atoms with E-state index in [9.17, 15) is 13.2 Å². The largest absolute Gasteiger partial charge is 0.207 e. The van der Waals surface area contributed by atoms with Gasteiger partial charge in [-0.05, 0) is 46.1 Å². The van der Waals surface area contributed by atoms with Crippen molar-refractivity contribution in [1.82, 2.24) is 0 Å². The first kappa shape index (κ1) is 15.6. The van der Waals surface area contributed by atoms with Crippen LogP contribution in [0.15, 0.2) is 40.9 Å². The van der Waals surface area contributed by atoms with Crippen LogP contribution in [0, 0.1) is 17.5 Å². The topological polar surface area (TPSA) is 0 Å². The second-order valence-electron chi connectivity index (χ2n) is 4.40. The zero-order chi connectivity index (χ0) is 14.7. The van der Waals surface area contributed by atoms with Crippen molar-refractivity contribution in [3.8, 4) is 0 Å². The van der Waals surface area contributed by atoms with Crippen molar-refractivity contribution in [3.05, 3.63) is 69.4 Å². The number of rotatable bonds is 4. The van der Waals surface area contributed by atoms with Gasteiger partial charge in [0.05, 0.1) is 4.47 Å². The van der Waals surface area contributed by atoms with Crippen LogP contribution in [-0.2, 0) is 6.42 Å². The molecule has 0 fully saturated rings. The minimum atomic E-state index is -0.632. The Balaban J connectivity index is 2.37. The average Bonchev–Trinajstić information content (AvgIpc) is 2.45. The molecule has 0 aliphatic heterocycles. The van der Waals surface area contributed by atoms with Crippen LogP contribution in [0.3, 0.4) is 0 Å². The van der Waals surface area contributed by atoms with E-state index < -0.39 is 11.6 Å². The Bertz CT molecular complexity index is 614. The minimum absolute atomic E-state index is 0.0351. The summed E-state index contributed by atoms with van der Waals surface area (Å²) in [6, 6.07) is 8.80. The summed E-state index contributed by atoms with van der Waals surface area (Å²) in [5, 5.41) is 0.416. The van der Waals surface area contributed by atoms with Crippen LogP contribution in [0.4, 0.5) is 13.2 Å². The maximum absolute atomic E-state index is 14.0. The Morgan fingerprint density at radius 1 is 0.950 bits per heavy atom. The highest BCUT2D eigenvalue weighted by molar-refractivity contribution is 9.10. The van der Waals surface area contributed by atoms with Gasteiger partial charge in [0.1, 0.15) is 17.5 Å². The average molecular weight is 408 g/mol. The van der Waals surface area contributed by atoms with Gasteiger partial charge >= 0.3 is 0 Å². The van der Waals surface area contributed by atoms with Gasteiger partial charge in [0.15, 0.2) is 0 Å². The van der Waals surface area contributed by atoms with E-state index in [2.05, 4.69) is 31.9 Å². The molecule has 0 radical (unpaired) electrons. The summed E-state index contributed by atoms with van der Waals surface area (Å²) in [5.41, 5.74) is 0.412. The Morgan fingerprint density at radius 2 is 1.65 bits per heavy atom. The fourth-order valence-electron chi connectivity index (χ4n) is 2.06. The van der Waals surface area contributed by atoms with Crippen LogP contribution in [0.1, 0.15) is 17.0 Å². The van der Waals surface area contributed by atoms with Crippen LogP contribution in [-0.4, -0.2) is 5.33 Å². The van der Waals surface area contributed by atoms with E-state index in [1.165, 1.54) is 18.2 Å². The maximum Gasteiger partial charge on any atom is 0.143 e. The highest BCUT2D eigenvalue weighted by Gasteiger charge is 2.20. The molecule has 2 aromatic carbocycles. The van der Waals surface area contributed by atoms with E-state index in [1.54, 1.807) is 18.2 Å². The van der Waals surface area contributed by atoms with Gasteiger partial charge in [-0.1, -0.05) is 34.1 Å². The molecule has 0 aliphatic carbocycles. The second kappa shape index (κ2) is 6.76. The Kier molecular flexibility index (Phi) is 5.27. The van der Waals surface area contributed by atoms with Crippen LogP contribution < -0.4 is 0 Å². The molecule has 5 heteroatoms.